The minimum absolute atomic E-state index is 0.216. The molecular weight excluding hydrogens is 228 g/mol. The van der Waals surface area contributed by atoms with E-state index >= 15 is 0 Å². The van der Waals surface area contributed by atoms with Crippen molar-refractivity contribution in [3.63, 3.8) is 0 Å². The lowest BCUT2D eigenvalue weighted by Crippen LogP contribution is -2.14. The van der Waals surface area contributed by atoms with Crippen molar-refractivity contribution in [3.8, 4) is 0 Å². The van der Waals surface area contributed by atoms with Gasteiger partial charge in [-0.25, -0.2) is 4.98 Å². The number of hydrogen-bond donors (Lipinski definition) is 1. The number of nitrogens with zero attached hydrogens (tertiary/aromatic N) is 1. The number of carbonyl (C=O) groups is 1. The van der Waals surface area contributed by atoms with E-state index in [1.165, 1.54) is 12.6 Å². The molecule has 18 heavy (non-hydrogen) atoms. The van der Waals surface area contributed by atoms with Crippen LogP contribution in [0.25, 0.3) is 0 Å². The van der Waals surface area contributed by atoms with Crippen LogP contribution in [0.2, 0.25) is 0 Å². The summed E-state index contributed by atoms with van der Waals surface area (Å²) in [6, 6.07) is 5.99. The number of para-hydroxylation sites is 1. The summed E-state index contributed by atoms with van der Waals surface area (Å²) in [7, 11) is 0. The van der Waals surface area contributed by atoms with Crippen LogP contribution in [0.3, 0.4) is 0 Å². The highest BCUT2D eigenvalue weighted by Crippen LogP contribution is 2.27. The first-order valence-corrected chi connectivity index (χ1v) is 5.89. The van der Waals surface area contributed by atoms with Crippen molar-refractivity contribution in [3.05, 3.63) is 47.7 Å². The first-order valence-electron chi connectivity index (χ1n) is 5.89. The maximum absolute atomic E-state index is 12.0. The van der Waals surface area contributed by atoms with E-state index in [1.54, 1.807) is 0 Å². The van der Waals surface area contributed by atoms with Crippen LogP contribution in [0.15, 0.2) is 35.2 Å². The van der Waals surface area contributed by atoms with E-state index in [2.05, 4.69) is 24.1 Å². The summed E-state index contributed by atoms with van der Waals surface area (Å²) in [6.45, 7) is 6.17. The highest BCUT2D eigenvalue weighted by atomic mass is 16.3. The molecule has 0 saturated carbocycles. The third-order valence-corrected chi connectivity index (χ3v) is 2.82. The van der Waals surface area contributed by atoms with Crippen molar-refractivity contribution in [2.24, 2.45) is 0 Å². The lowest BCUT2D eigenvalue weighted by Gasteiger charge is -2.15. The maximum Gasteiger partial charge on any atom is 0.293 e. The van der Waals surface area contributed by atoms with Crippen molar-refractivity contribution in [1.29, 1.82) is 0 Å². The smallest absolute Gasteiger partial charge is 0.293 e. The van der Waals surface area contributed by atoms with Crippen LogP contribution in [-0.4, -0.2) is 10.9 Å². The van der Waals surface area contributed by atoms with E-state index < -0.39 is 0 Å². The molecule has 1 aromatic heterocycles. The summed E-state index contributed by atoms with van der Waals surface area (Å²) in [4.78, 5) is 15.7. The zero-order valence-corrected chi connectivity index (χ0v) is 10.7. The molecular formula is C14H16N2O2. The molecule has 1 aromatic carbocycles. The molecule has 4 heteroatoms. The Morgan fingerprint density at radius 3 is 2.78 bits per heavy atom. The Kier molecular flexibility index (Phi) is 3.46. The molecule has 0 fully saturated rings. The Morgan fingerprint density at radius 2 is 2.17 bits per heavy atom. The van der Waals surface area contributed by atoms with Crippen LogP contribution in [0.1, 0.15) is 41.4 Å². The van der Waals surface area contributed by atoms with Crippen molar-refractivity contribution < 1.29 is 9.21 Å². The van der Waals surface area contributed by atoms with Crippen molar-refractivity contribution in [2.45, 2.75) is 26.7 Å². The molecule has 0 unspecified atom stereocenters. The quantitative estimate of drug-likeness (QED) is 0.900. The van der Waals surface area contributed by atoms with Crippen LogP contribution < -0.4 is 5.32 Å². The molecule has 0 bridgehead atoms. The Labute approximate surface area is 106 Å². The van der Waals surface area contributed by atoms with Gasteiger partial charge in [0.15, 0.2) is 6.39 Å². The number of aryl methyl sites for hydroxylation is 1. The monoisotopic (exact) mass is 244 g/mol. The number of carbonyl (C=O) groups excluding carboxylic acids is 1. The van der Waals surface area contributed by atoms with Crippen LogP contribution >= 0.6 is 0 Å². The van der Waals surface area contributed by atoms with Crippen LogP contribution in [0, 0.1) is 6.92 Å². The van der Waals surface area contributed by atoms with E-state index in [4.69, 9.17) is 4.42 Å². The molecule has 4 nitrogen and oxygen atoms in total. The molecule has 1 N–H and O–H groups in total. The third-order valence-electron chi connectivity index (χ3n) is 2.82. The molecule has 0 aliphatic heterocycles. The Bertz CT molecular complexity index is 545. The van der Waals surface area contributed by atoms with Gasteiger partial charge in [0.05, 0.1) is 6.20 Å². The van der Waals surface area contributed by atoms with Crippen LogP contribution in [0.5, 0.6) is 0 Å². The lowest BCUT2D eigenvalue weighted by atomic mass is 9.98. The van der Waals surface area contributed by atoms with Crippen LogP contribution in [0.4, 0.5) is 5.69 Å². The van der Waals surface area contributed by atoms with E-state index in [9.17, 15) is 4.79 Å². The Morgan fingerprint density at radius 1 is 1.39 bits per heavy atom. The normalized spacial score (nSPS) is 10.7. The third kappa shape index (κ3) is 2.42. The zero-order chi connectivity index (χ0) is 13.1. The van der Waals surface area contributed by atoms with E-state index in [1.807, 2.05) is 25.1 Å². The van der Waals surface area contributed by atoms with Gasteiger partial charge in [0.25, 0.3) is 5.91 Å². The molecule has 2 aromatic rings. The summed E-state index contributed by atoms with van der Waals surface area (Å²) in [6.07, 6.45) is 2.65. The molecule has 0 atom stereocenters. The van der Waals surface area contributed by atoms with Gasteiger partial charge < -0.3 is 9.73 Å². The molecule has 0 aliphatic carbocycles. The van der Waals surface area contributed by atoms with Gasteiger partial charge in [-0.15, -0.1) is 0 Å². The standard InChI is InChI=1S/C14H16N2O2/c1-9(2)11-6-4-5-10(3)13(11)16-14(17)12-7-15-8-18-12/h4-9H,1-3H3,(H,16,17). The predicted molar refractivity (Wildman–Crippen MR) is 69.7 cm³/mol. The van der Waals surface area contributed by atoms with Gasteiger partial charge in [0, 0.05) is 5.69 Å². The fourth-order valence-electron chi connectivity index (χ4n) is 1.85. The number of benzene rings is 1. The molecule has 1 heterocycles. The van der Waals surface area contributed by atoms with Gasteiger partial charge >= 0.3 is 0 Å². The molecule has 0 saturated heterocycles. The average molecular weight is 244 g/mol. The summed E-state index contributed by atoms with van der Waals surface area (Å²) in [5, 5.41) is 2.89. The number of rotatable bonds is 3. The van der Waals surface area contributed by atoms with Gasteiger partial charge in [-0.1, -0.05) is 32.0 Å². The molecule has 2 rings (SSSR count). The fourth-order valence-corrected chi connectivity index (χ4v) is 1.85. The summed E-state index contributed by atoms with van der Waals surface area (Å²) in [5.41, 5.74) is 3.01. The van der Waals surface area contributed by atoms with Crippen molar-refractivity contribution in [1.82, 2.24) is 4.98 Å². The molecule has 0 aliphatic rings. The molecule has 0 radical (unpaired) electrons. The Balaban J connectivity index is 2.31. The van der Waals surface area contributed by atoms with Crippen molar-refractivity contribution in [2.75, 3.05) is 5.32 Å². The summed E-state index contributed by atoms with van der Waals surface area (Å²) in [5.74, 6) is 0.284. The minimum Gasteiger partial charge on any atom is -0.438 e. The fraction of sp³-hybridized carbons (Fsp3) is 0.286. The second-order valence-electron chi connectivity index (χ2n) is 4.51. The topological polar surface area (TPSA) is 55.1 Å². The van der Waals surface area contributed by atoms with Gasteiger partial charge in [0.1, 0.15) is 0 Å². The lowest BCUT2D eigenvalue weighted by molar-refractivity contribution is 0.0996. The first-order chi connectivity index (χ1) is 8.59. The number of aromatic nitrogens is 1. The number of amides is 1. The molecule has 0 spiro atoms. The van der Waals surface area contributed by atoms with Crippen molar-refractivity contribution >= 4 is 11.6 Å². The number of hydrogen-bond acceptors (Lipinski definition) is 3. The SMILES string of the molecule is Cc1cccc(C(C)C)c1NC(=O)c1cnco1. The maximum atomic E-state index is 12.0. The number of anilines is 1. The van der Waals surface area contributed by atoms with Gasteiger partial charge in [0.2, 0.25) is 5.76 Å². The second-order valence-corrected chi connectivity index (χ2v) is 4.51. The predicted octanol–water partition coefficient (Wildman–Crippen LogP) is 3.36. The van der Waals surface area contributed by atoms with Crippen LogP contribution in [-0.2, 0) is 0 Å². The first kappa shape index (κ1) is 12.4. The summed E-state index contributed by atoms with van der Waals surface area (Å²) < 4.78 is 4.98. The molecule has 94 valence electrons. The molecule has 1 amide bonds. The largest absolute Gasteiger partial charge is 0.438 e. The second kappa shape index (κ2) is 5.04. The van der Waals surface area contributed by atoms with E-state index in [0.717, 1.165) is 16.8 Å². The minimum atomic E-state index is -0.274. The summed E-state index contributed by atoms with van der Waals surface area (Å²) >= 11 is 0. The average Bonchev–Trinajstić information content (AvgIpc) is 2.85. The van der Waals surface area contributed by atoms with Gasteiger partial charge in [-0.2, -0.15) is 0 Å². The zero-order valence-electron chi connectivity index (χ0n) is 10.7. The highest BCUT2D eigenvalue weighted by molar-refractivity contribution is 6.02. The van der Waals surface area contributed by atoms with E-state index in [0.29, 0.717) is 5.92 Å². The van der Waals surface area contributed by atoms with E-state index in [-0.39, 0.29) is 11.7 Å². The number of nitrogens with one attached hydrogen (secondary N) is 1. The number of oxazole rings is 1. The van der Waals surface area contributed by atoms with Gasteiger partial charge in [-0.05, 0) is 24.0 Å². The Hall–Kier alpha value is -2.10. The highest BCUT2D eigenvalue weighted by Gasteiger charge is 2.14. The van der Waals surface area contributed by atoms with Gasteiger partial charge in [-0.3, -0.25) is 4.79 Å².